The summed E-state index contributed by atoms with van der Waals surface area (Å²) >= 11 is 0. The summed E-state index contributed by atoms with van der Waals surface area (Å²) in [5, 5.41) is 3.84. The first-order chi connectivity index (χ1) is 17.1. The van der Waals surface area contributed by atoms with Crippen LogP contribution in [0, 0.1) is 11.7 Å². The third kappa shape index (κ3) is 7.11. The molecule has 180 valence electrons. The molecule has 4 rings (SSSR count). The predicted octanol–water partition coefficient (Wildman–Crippen LogP) is 7.38. The van der Waals surface area contributed by atoms with Crippen molar-refractivity contribution in [3.8, 4) is 0 Å². The number of nitrogens with zero attached hydrogens (tertiary/aromatic N) is 1. The highest BCUT2D eigenvalue weighted by Crippen LogP contribution is 2.30. The van der Waals surface area contributed by atoms with Crippen LogP contribution in [0.25, 0.3) is 0 Å². The monoisotopic (exact) mass is 466 g/mol. The minimum absolute atomic E-state index is 0.0308. The van der Waals surface area contributed by atoms with Crippen LogP contribution in [-0.2, 0) is 19.6 Å². The highest BCUT2D eigenvalue weighted by Gasteiger charge is 2.31. The summed E-state index contributed by atoms with van der Waals surface area (Å²) in [4.78, 5) is 2.57. The lowest BCUT2D eigenvalue weighted by molar-refractivity contribution is 0.100. The van der Waals surface area contributed by atoms with Gasteiger partial charge in [-0.05, 0) is 40.3 Å². The molecule has 0 aliphatic rings. The molecule has 0 fully saturated rings. The quantitative estimate of drug-likeness (QED) is 0.248. The number of hydrogen-bond acceptors (Lipinski definition) is 2. The van der Waals surface area contributed by atoms with Crippen LogP contribution in [0.15, 0.2) is 115 Å². The summed E-state index contributed by atoms with van der Waals surface area (Å²) in [6.45, 7) is 6.99. The molecule has 0 spiro atoms. The van der Waals surface area contributed by atoms with Gasteiger partial charge >= 0.3 is 0 Å². The maximum absolute atomic E-state index is 13.9. The number of benzene rings is 4. The van der Waals surface area contributed by atoms with Crippen molar-refractivity contribution in [3.63, 3.8) is 0 Å². The number of hydrogen-bond donors (Lipinski definition) is 1. The van der Waals surface area contributed by atoms with Crippen LogP contribution < -0.4 is 5.32 Å². The van der Waals surface area contributed by atoms with Gasteiger partial charge in [-0.1, -0.05) is 117 Å². The second kappa shape index (κ2) is 12.4. The molecule has 0 aliphatic carbocycles. The van der Waals surface area contributed by atoms with Crippen molar-refractivity contribution in [2.24, 2.45) is 5.92 Å². The second-order valence-corrected chi connectivity index (χ2v) is 9.51. The topological polar surface area (TPSA) is 15.3 Å². The maximum Gasteiger partial charge on any atom is 0.123 e. The normalized spacial score (nSPS) is 13.2. The SMILES string of the molecule is CC(C)[C@@H]([C@H](NCc1ccccc1)c1ccc(F)cc1)N(Cc1ccccc1)Cc1ccccc1. The molecule has 0 saturated heterocycles. The van der Waals surface area contributed by atoms with Gasteiger partial charge in [0.2, 0.25) is 0 Å². The van der Waals surface area contributed by atoms with Crippen molar-refractivity contribution in [2.45, 2.75) is 45.6 Å². The first-order valence-electron chi connectivity index (χ1n) is 12.4. The molecule has 0 amide bonds. The summed E-state index contributed by atoms with van der Waals surface area (Å²) in [7, 11) is 0. The average Bonchev–Trinajstić information content (AvgIpc) is 2.88. The molecule has 0 radical (unpaired) electrons. The van der Waals surface area contributed by atoms with Gasteiger partial charge in [0.05, 0.1) is 0 Å². The molecule has 0 bridgehead atoms. The summed E-state index contributed by atoms with van der Waals surface area (Å²) < 4.78 is 13.9. The zero-order valence-corrected chi connectivity index (χ0v) is 20.6. The standard InChI is InChI=1S/C32H35FN2/c1-25(2)32(35(23-27-14-8-4-9-15-27)24-28-16-10-5-11-17-28)31(29-18-20-30(33)21-19-29)34-22-26-12-6-3-7-13-26/h3-21,25,31-32,34H,22-24H2,1-2H3/t31-,32+/m1/s1. The van der Waals surface area contributed by atoms with Gasteiger partial charge in [0, 0.05) is 31.7 Å². The van der Waals surface area contributed by atoms with E-state index in [9.17, 15) is 4.39 Å². The zero-order valence-electron chi connectivity index (χ0n) is 20.6. The minimum Gasteiger partial charge on any atom is -0.304 e. The molecule has 2 atom stereocenters. The minimum atomic E-state index is -0.206. The Labute approximate surface area is 209 Å². The molecule has 0 unspecified atom stereocenters. The Bertz CT molecular complexity index is 1090. The smallest absolute Gasteiger partial charge is 0.123 e. The third-order valence-corrected chi connectivity index (χ3v) is 6.50. The molecule has 3 heteroatoms. The Hall–Kier alpha value is -3.27. The first-order valence-corrected chi connectivity index (χ1v) is 12.4. The fourth-order valence-electron chi connectivity index (χ4n) is 4.85. The van der Waals surface area contributed by atoms with Gasteiger partial charge in [0.1, 0.15) is 5.82 Å². The number of rotatable bonds is 11. The summed E-state index contributed by atoms with van der Waals surface area (Å²) in [5.41, 5.74) is 4.91. The Morgan fingerprint density at radius 3 is 1.54 bits per heavy atom. The molecule has 0 heterocycles. The van der Waals surface area contributed by atoms with E-state index in [1.807, 2.05) is 18.2 Å². The third-order valence-electron chi connectivity index (χ3n) is 6.50. The van der Waals surface area contributed by atoms with Crippen molar-refractivity contribution < 1.29 is 4.39 Å². The number of halogens is 1. The molecular weight excluding hydrogens is 431 g/mol. The predicted molar refractivity (Wildman–Crippen MR) is 143 cm³/mol. The fourth-order valence-corrected chi connectivity index (χ4v) is 4.85. The highest BCUT2D eigenvalue weighted by atomic mass is 19.1. The van der Waals surface area contributed by atoms with Gasteiger partial charge in [-0.2, -0.15) is 0 Å². The van der Waals surface area contributed by atoms with Crippen molar-refractivity contribution in [2.75, 3.05) is 0 Å². The van der Waals surface area contributed by atoms with E-state index >= 15 is 0 Å². The lowest BCUT2D eigenvalue weighted by atomic mass is 9.88. The van der Waals surface area contributed by atoms with Crippen molar-refractivity contribution in [1.82, 2.24) is 10.2 Å². The van der Waals surface area contributed by atoms with Crippen LogP contribution in [0.5, 0.6) is 0 Å². The Kier molecular flexibility index (Phi) is 8.83. The summed E-state index contributed by atoms with van der Waals surface area (Å²) in [6.07, 6.45) is 0. The van der Waals surface area contributed by atoms with Crippen molar-refractivity contribution >= 4 is 0 Å². The van der Waals surface area contributed by atoms with Gasteiger partial charge in [0.15, 0.2) is 0 Å². The summed E-state index contributed by atoms with van der Waals surface area (Å²) in [5.74, 6) is 0.155. The highest BCUT2D eigenvalue weighted by molar-refractivity contribution is 5.24. The second-order valence-electron chi connectivity index (χ2n) is 9.51. The largest absolute Gasteiger partial charge is 0.304 e. The molecule has 2 nitrogen and oxygen atoms in total. The van der Waals surface area contributed by atoms with E-state index in [0.29, 0.717) is 5.92 Å². The molecule has 4 aromatic rings. The molecule has 0 saturated carbocycles. The Morgan fingerprint density at radius 2 is 1.09 bits per heavy atom. The fraction of sp³-hybridized carbons (Fsp3) is 0.250. The zero-order chi connectivity index (χ0) is 24.5. The van der Waals surface area contributed by atoms with Crippen LogP contribution in [0.1, 0.15) is 42.1 Å². The number of nitrogens with one attached hydrogen (secondary N) is 1. The van der Waals surface area contributed by atoms with E-state index in [-0.39, 0.29) is 17.9 Å². The van der Waals surface area contributed by atoms with Gasteiger partial charge < -0.3 is 5.32 Å². The van der Waals surface area contributed by atoms with Gasteiger partial charge in [-0.3, -0.25) is 4.90 Å². The Morgan fingerprint density at radius 1 is 0.629 bits per heavy atom. The maximum atomic E-state index is 13.9. The van der Waals surface area contributed by atoms with E-state index in [1.54, 1.807) is 12.1 Å². The van der Waals surface area contributed by atoms with E-state index in [0.717, 1.165) is 25.2 Å². The van der Waals surface area contributed by atoms with Crippen molar-refractivity contribution in [3.05, 3.63) is 143 Å². The molecule has 1 N–H and O–H groups in total. The molecule has 4 aromatic carbocycles. The lowest BCUT2D eigenvalue weighted by Gasteiger charge is -2.41. The van der Waals surface area contributed by atoms with E-state index in [4.69, 9.17) is 0 Å². The van der Waals surface area contributed by atoms with Gasteiger partial charge in [-0.15, -0.1) is 0 Å². The Balaban J connectivity index is 1.70. The van der Waals surface area contributed by atoms with Crippen LogP contribution in [0.3, 0.4) is 0 Å². The van der Waals surface area contributed by atoms with Crippen LogP contribution >= 0.6 is 0 Å². The van der Waals surface area contributed by atoms with Crippen LogP contribution in [-0.4, -0.2) is 10.9 Å². The molecule has 0 aromatic heterocycles. The van der Waals surface area contributed by atoms with Gasteiger partial charge in [0.25, 0.3) is 0 Å². The van der Waals surface area contributed by atoms with Crippen LogP contribution in [0.2, 0.25) is 0 Å². The van der Waals surface area contributed by atoms with E-state index in [1.165, 1.54) is 16.7 Å². The molecule has 0 aliphatic heterocycles. The molecular formula is C32H35FN2. The van der Waals surface area contributed by atoms with Crippen molar-refractivity contribution in [1.29, 1.82) is 0 Å². The lowest BCUT2D eigenvalue weighted by Crippen LogP contribution is -2.47. The first kappa shape index (κ1) is 24.8. The van der Waals surface area contributed by atoms with Crippen LogP contribution in [0.4, 0.5) is 4.39 Å². The average molecular weight is 467 g/mol. The summed E-state index contributed by atoms with van der Waals surface area (Å²) in [6, 6.07) is 39.0. The van der Waals surface area contributed by atoms with E-state index in [2.05, 4.69) is 109 Å². The molecule has 35 heavy (non-hydrogen) atoms. The van der Waals surface area contributed by atoms with Gasteiger partial charge in [-0.25, -0.2) is 4.39 Å². The van der Waals surface area contributed by atoms with E-state index < -0.39 is 0 Å².